The maximum Gasteiger partial charge on any atom is 0.395 e. The average Bonchev–Trinajstić information content (AvgIpc) is 2.03. The third-order valence-corrected chi connectivity index (χ3v) is 2.40. The van der Waals surface area contributed by atoms with Gasteiger partial charge in [-0.1, -0.05) is 34.2 Å². The lowest BCUT2D eigenvalue weighted by atomic mass is 9.97. The van der Waals surface area contributed by atoms with Gasteiger partial charge < -0.3 is 0 Å². The number of hydrogen-bond donors (Lipinski definition) is 0. The van der Waals surface area contributed by atoms with E-state index in [1.165, 1.54) is 12.2 Å². The zero-order valence-corrected chi connectivity index (χ0v) is 7.82. The van der Waals surface area contributed by atoms with Crippen LogP contribution in [0.3, 0.4) is 0 Å². The molecule has 0 radical (unpaired) electrons. The summed E-state index contributed by atoms with van der Waals surface area (Å²) in [5.74, 6) is -1.29. The number of hydrogen-bond acceptors (Lipinski definition) is 0. The fourth-order valence-electron chi connectivity index (χ4n) is 1.01. The quantitative estimate of drug-likeness (QED) is 0.617. The molecule has 0 aromatic rings. The van der Waals surface area contributed by atoms with E-state index in [9.17, 15) is 13.2 Å². The lowest BCUT2D eigenvalue weighted by Crippen LogP contribution is -2.21. The SMILES string of the molecule is FC(F)(F)C1C=CC(CBr)=CC1. The summed E-state index contributed by atoms with van der Waals surface area (Å²) in [7, 11) is 0. The Kier molecular flexibility index (Phi) is 2.99. The molecule has 0 saturated carbocycles. The number of rotatable bonds is 1. The smallest absolute Gasteiger partial charge is 0.170 e. The number of allylic oxidation sites excluding steroid dienone is 4. The van der Waals surface area contributed by atoms with Gasteiger partial charge in [-0.25, -0.2) is 0 Å². The van der Waals surface area contributed by atoms with E-state index in [1.807, 2.05) is 0 Å². The van der Waals surface area contributed by atoms with Crippen molar-refractivity contribution < 1.29 is 13.2 Å². The first kappa shape index (κ1) is 9.84. The minimum absolute atomic E-state index is 0.0704. The molecule has 0 nitrogen and oxygen atoms in total. The minimum Gasteiger partial charge on any atom is -0.170 e. The summed E-state index contributed by atoms with van der Waals surface area (Å²) >= 11 is 3.18. The topological polar surface area (TPSA) is 0 Å². The Hall–Kier alpha value is -0.250. The molecule has 1 rings (SSSR count). The van der Waals surface area contributed by atoms with E-state index in [2.05, 4.69) is 15.9 Å². The third kappa shape index (κ3) is 2.37. The second-order valence-corrected chi connectivity index (χ2v) is 3.22. The van der Waals surface area contributed by atoms with Crippen LogP contribution in [0.15, 0.2) is 23.8 Å². The molecule has 0 heterocycles. The predicted molar refractivity (Wildman–Crippen MR) is 45.2 cm³/mol. The van der Waals surface area contributed by atoms with E-state index in [-0.39, 0.29) is 6.42 Å². The zero-order chi connectivity index (χ0) is 9.19. The fourth-order valence-corrected chi connectivity index (χ4v) is 1.42. The molecule has 1 atom stereocenters. The van der Waals surface area contributed by atoms with Crippen LogP contribution >= 0.6 is 15.9 Å². The fraction of sp³-hybridized carbons (Fsp3) is 0.500. The molecule has 0 aliphatic heterocycles. The van der Waals surface area contributed by atoms with Crippen molar-refractivity contribution in [3.8, 4) is 0 Å². The van der Waals surface area contributed by atoms with Gasteiger partial charge in [0.25, 0.3) is 0 Å². The molecule has 68 valence electrons. The molecule has 0 aromatic heterocycles. The highest BCUT2D eigenvalue weighted by Gasteiger charge is 2.37. The summed E-state index contributed by atoms with van der Waals surface area (Å²) in [6.07, 6.45) is 0.339. The highest BCUT2D eigenvalue weighted by molar-refractivity contribution is 9.09. The van der Waals surface area contributed by atoms with Crippen LogP contribution in [-0.2, 0) is 0 Å². The second kappa shape index (κ2) is 3.64. The highest BCUT2D eigenvalue weighted by atomic mass is 79.9. The molecule has 0 fully saturated rings. The van der Waals surface area contributed by atoms with Crippen molar-refractivity contribution in [2.24, 2.45) is 5.92 Å². The van der Waals surface area contributed by atoms with E-state index in [1.54, 1.807) is 6.08 Å². The van der Waals surface area contributed by atoms with Gasteiger partial charge in [0, 0.05) is 5.33 Å². The van der Waals surface area contributed by atoms with Gasteiger partial charge >= 0.3 is 6.18 Å². The first-order chi connectivity index (χ1) is 5.54. The van der Waals surface area contributed by atoms with Crippen molar-refractivity contribution in [1.82, 2.24) is 0 Å². The Labute approximate surface area is 77.3 Å². The molecule has 0 spiro atoms. The van der Waals surface area contributed by atoms with Crippen LogP contribution in [0.4, 0.5) is 13.2 Å². The Bertz CT molecular complexity index is 215. The lowest BCUT2D eigenvalue weighted by Gasteiger charge is -2.18. The minimum atomic E-state index is -4.09. The monoisotopic (exact) mass is 240 g/mol. The normalized spacial score (nSPS) is 24.0. The molecular weight excluding hydrogens is 233 g/mol. The van der Waals surface area contributed by atoms with Crippen LogP contribution in [-0.4, -0.2) is 11.5 Å². The molecule has 0 amide bonds. The molecular formula is C8H8BrF3. The van der Waals surface area contributed by atoms with Crippen molar-refractivity contribution in [3.05, 3.63) is 23.8 Å². The molecule has 0 bridgehead atoms. The van der Waals surface area contributed by atoms with Gasteiger partial charge in [0.1, 0.15) is 0 Å². The van der Waals surface area contributed by atoms with E-state index < -0.39 is 12.1 Å². The summed E-state index contributed by atoms with van der Waals surface area (Å²) in [5.41, 5.74) is 0.913. The molecule has 1 aliphatic carbocycles. The highest BCUT2D eigenvalue weighted by Crippen LogP contribution is 2.33. The summed E-state index contributed by atoms with van der Waals surface area (Å²) in [5, 5.41) is 0.619. The molecule has 1 unspecified atom stereocenters. The molecule has 4 heteroatoms. The van der Waals surface area contributed by atoms with E-state index in [4.69, 9.17) is 0 Å². The third-order valence-electron chi connectivity index (χ3n) is 1.75. The maximum absolute atomic E-state index is 12.1. The summed E-state index contributed by atoms with van der Waals surface area (Å²) in [4.78, 5) is 0. The van der Waals surface area contributed by atoms with Crippen molar-refractivity contribution in [1.29, 1.82) is 0 Å². The van der Waals surface area contributed by atoms with Crippen LogP contribution in [0.5, 0.6) is 0 Å². The molecule has 0 saturated heterocycles. The van der Waals surface area contributed by atoms with Crippen LogP contribution in [0.25, 0.3) is 0 Å². The standard InChI is InChI=1S/C8H8BrF3/c9-5-6-1-3-7(4-2-6)8(10,11)12/h1-3,7H,4-5H2. The van der Waals surface area contributed by atoms with Gasteiger partial charge in [-0.2, -0.15) is 13.2 Å². The predicted octanol–water partition coefficient (Wildman–Crippen LogP) is 3.45. The first-order valence-electron chi connectivity index (χ1n) is 3.54. The molecule has 12 heavy (non-hydrogen) atoms. The van der Waals surface area contributed by atoms with Gasteiger partial charge in [-0.3, -0.25) is 0 Å². The number of halogens is 4. The Morgan fingerprint density at radius 3 is 2.50 bits per heavy atom. The second-order valence-electron chi connectivity index (χ2n) is 2.66. The Morgan fingerprint density at radius 2 is 2.17 bits per heavy atom. The van der Waals surface area contributed by atoms with Crippen LogP contribution in [0.2, 0.25) is 0 Å². The lowest BCUT2D eigenvalue weighted by molar-refractivity contribution is -0.160. The van der Waals surface area contributed by atoms with E-state index >= 15 is 0 Å². The van der Waals surface area contributed by atoms with Gasteiger partial charge in [0.2, 0.25) is 0 Å². The first-order valence-corrected chi connectivity index (χ1v) is 4.66. The molecule has 1 aliphatic rings. The average molecular weight is 241 g/mol. The summed E-state index contributed by atoms with van der Waals surface area (Å²) < 4.78 is 36.2. The van der Waals surface area contributed by atoms with Crippen molar-refractivity contribution >= 4 is 15.9 Å². The van der Waals surface area contributed by atoms with Crippen LogP contribution in [0, 0.1) is 5.92 Å². The summed E-state index contributed by atoms with van der Waals surface area (Å²) in [6.45, 7) is 0. The summed E-state index contributed by atoms with van der Waals surface area (Å²) in [6, 6.07) is 0. The van der Waals surface area contributed by atoms with Gasteiger partial charge in [-0.15, -0.1) is 0 Å². The van der Waals surface area contributed by atoms with Crippen molar-refractivity contribution in [2.45, 2.75) is 12.6 Å². The van der Waals surface area contributed by atoms with Crippen molar-refractivity contribution in [2.75, 3.05) is 5.33 Å². The zero-order valence-electron chi connectivity index (χ0n) is 6.24. The van der Waals surface area contributed by atoms with Gasteiger partial charge in [-0.05, 0) is 12.0 Å². The van der Waals surface area contributed by atoms with Gasteiger partial charge in [0.15, 0.2) is 0 Å². The van der Waals surface area contributed by atoms with Crippen LogP contribution in [0.1, 0.15) is 6.42 Å². The number of alkyl halides is 4. The van der Waals surface area contributed by atoms with Crippen LogP contribution < -0.4 is 0 Å². The van der Waals surface area contributed by atoms with E-state index in [0.29, 0.717) is 5.33 Å². The molecule has 0 N–H and O–H groups in total. The Balaban J connectivity index is 2.60. The Morgan fingerprint density at radius 1 is 1.50 bits per heavy atom. The molecule has 0 aromatic carbocycles. The van der Waals surface area contributed by atoms with E-state index in [0.717, 1.165) is 5.57 Å². The maximum atomic E-state index is 12.1. The van der Waals surface area contributed by atoms with Crippen molar-refractivity contribution in [3.63, 3.8) is 0 Å². The largest absolute Gasteiger partial charge is 0.395 e. The van der Waals surface area contributed by atoms with Gasteiger partial charge in [0.05, 0.1) is 5.92 Å².